The molecule has 0 atom stereocenters. The lowest BCUT2D eigenvalue weighted by Crippen LogP contribution is -2.01. The Morgan fingerprint density at radius 2 is 1.70 bits per heavy atom. The summed E-state index contributed by atoms with van der Waals surface area (Å²) in [4.78, 5) is 0. The maximum Gasteiger partial charge on any atom is 0.122 e. The van der Waals surface area contributed by atoms with Gasteiger partial charge in [-0.05, 0) is 29.3 Å². The number of benzene rings is 2. The Bertz CT molecular complexity index is 757. The van der Waals surface area contributed by atoms with E-state index in [0.717, 1.165) is 26.5 Å². The van der Waals surface area contributed by atoms with Crippen molar-refractivity contribution in [2.45, 2.75) is 6.54 Å². The molecule has 100 valence electrons. The van der Waals surface area contributed by atoms with Gasteiger partial charge in [-0.3, -0.25) is 9.78 Å². The zero-order valence-corrected chi connectivity index (χ0v) is 12.3. The van der Waals surface area contributed by atoms with Crippen LogP contribution < -0.4 is 0 Å². The van der Waals surface area contributed by atoms with Gasteiger partial charge < -0.3 is 0 Å². The second kappa shape index (κ2) is 5.65. The van der Waals surface area contributed by atoms with Crippen molar-refractivity contribution in [3.63, 3.8) is 0 Å². The van der Waals surface area contributed by atoms with Crippen LogP contribution in [0.3, 0.4) is 0 Å². The standard InChI is InChI=1S/C16H13ClN2S/c17-14-8-6-12(7-9-14)11-19-16(20)10-15(18-19)13-4-2-1-3-5-13/h1-10,18H,11H2. The van der Waals surface area contributed by atoms with Crippen molar-refractivity contribution in [1.29, 1.82) is 0 Å². The van der Waals surface area contributed by atoms with E-state index in [4.69, 9.17) is 23.8 Å². The van der Waals surface area contributed by atoms with E-state index in [-0.39, 0.29) is 0 Å². The Kier molecular flexibility index (Phi) is 3.72. The van der Waals surface area contributed by atoms with Gasteiger partial charge in [-0.15, -0.1) is 0 Å². The molecule has 4 heteroatoms. The third kappa shape index (κ3) is 2.84. The molecule has 0 aliphatic carbocycles. The van der Waals surface area contributed by atoms with E-state index >= 15 is 0 Å². The van der Waals surface area contributed by atoms with Gasteiger partial charge in [-0.1, -0.05) is 66.3 Å². The summed E-state index contributed by atoms with van der Waals surface area (Å²) in [6.07, 6.45) is 0. The zero-order valence-electron chi connectivity index (χ0n) is 10.7. The SMILES string of the molecule is S=c1cc(-c2ccccc2)[nH]n1Cc1ccc(Cl)cc1. The van der Waals surface area contributed by atoms with Gasteiger partial charge >= 0.3 is 0 Å². The maximum atomic E-state index is 5.89. The van der Waals surface area contributed by atoms with Crippen LogP contribution in [0.1, 0.15) is 5.56 Å². The number of rotatable bonds is 3. The highest BCUT2D eigenvalue weighted by Gasteiger charge is 2.03. The van der Waals surface area contributed by atoms with Gasteiger partial charge in [-0.25, -0.2) is 0 Å². The smallest absolute Gasteiger partial charge is 0.122 e. The number of hydrogen-bond acceptors (Lipinski definition) is 1. The molecule has 1 N–H and O–H groups in total. The first-order chi connectivity index (χ1) is 9.72. The molecular formula is C16H13ClN2S. The Labute approximate surface area is 127 Å². The van der Waals surface area contributed by atoms with Crippen molar-refractivity contribution in [2.75, 3.05) is 0 Å². The van der Waals surface area contributed by atoms with Crippen LogP contribution in [0.4, 0.5) is 0 Å². The predicted molar refractivity (Wildman–Crippen MR) is 85.6 cm³/mol. The quantitative estimate of drug-likeness (QED) is 0.681. The molecule has 0 bridgehead atoms. The summed E-state index contributed by atoms with van der Waals surface area (Å²) in [5, 5.41) is 4.08. The molecular weight excluding hydrogens is 288 g/mol. The van der Waals surface area contributed by atoms with Crippen LogP contribution in [0.2, 0.25) is 5.02 Å². The number of hydrogen-bond donors (Lipinski definition) is 1. The van der Waals surface area contributed by atoms with Gasteiger partial charge in [0.15, 0.2) is 0 Å². The Balaban J connectivity index is 1.90. The number of aromatic nitrogens is 2. The van der Waals surface area contributed by atoms with Crippen LogP contribution >= 0.6 is 23.8 Å². The summed E-state index contributed by atoms with van der Waals surface area (Å²) >= 11 is 11.3. The van der Waals surface area contributed by atoms with Crippen molar-refractivity contribution < 1.29 is 0 Å². The molecule has 20 heavy (non-hydrogen) atoms. The molecule has 1 heterocycles. The highest BCUT2D eigenvalue weighted by atomic mass is 35.5. The molecule has 3 aromatic rings. The summed E-state index contributed by atoms with van der Waals surface area (Å²) < 4.78 is 2.75. The molecule has 0 amide bonds. The fraction of sp³-hybridized carbons (Fsp3) is 0.0625. The lowest BCUT2D eigenvalue weighted by Gasteiger charge is -2.04. The van der Waals surface area contributed by atoms with Crippen LogP contribution in [-0.2, 0) is 6.54 Å². The fourth-order valence-corrected chi connectivity index (χ4v) is 2.44. The number of H-pyrrole nitrogens is 1. The number of nitrogens with one attached hydrogen (secondary N) is 1. The van der Waals surface area contributed by atoms with Gasteiger partial charge in [0.25, 0.3) is 0 Å². The molecule has 0 unspecified atom stereocenters. The van der Waals surface area contributed by atoms with Gasteiger partial charge in [0.1, 0.15) is 4.64 Å². The van der Waals surface area contributed by atoms with E-state index in [0.29, 0.717) is 6.54 Å². The fourth-order valence-electron chi connectivity index (χ4n) is 2.09. The van der Waals surface area contributed by atoms with Crippen molar-refractivity contribution in [2.24, 2.45) is 0 Å². The van der Waals surface area contributed by atoms with Crippen LogP contribution in [0.15, 0.2) is 60.7 Å². The van der Waals surface area contributed by atoms with Gasteiger partial charge in [-0.2, -0.15) is 0 Å². The predicted octanol–water partition coefficient (Wildman–Crippen LogP) is 4.91. The first kappa shape index (κ1) is 13.2. The topological polar surface area (TPSA) is 20.7 Å². The molecule has 0 saturated carbocycles. The summed E-state index contributed by atoms with van der Waals surface area (Å²) in [7, 11) is 0. The molecule has 2 nitrogen and oxygen atoms in total. The van der Waals surface area contributed by atoms with Crippen molar-refractivity contribution in [3.8, 4) is 11.3 Å². The molecule has 0 saturated heterocycles. The van der Waals surface area contributed by atoms with Gasteiger partial charge in [0.2, 0.25) is 0 Å². The highest BCUT2D eigenvalue weighted by Crippen LogP contribution is 2.18. The lowest BCUT2D eigenvalue weighted by atomic mass is 10.2. The van der Waals surface area contributed by atoms with Crippen LogP contribution in [-0.4, -0.2) is 9.78 Å². The monoisotopic (exact) mass is 300 g/mol. The van der Waals surface area contributed by atoms with E-state index in [1.807, 2.05) is 53.2 Å². The first-order valence-corrected chi connectivity index (χ1v) is 7.11. The number of nitrogens with zero attached hydrogens (tertiary/aromatic N) is 1. The molecule has 0 aliphatic rings. The summed E-state index contributed by atoms with van der Waals surface area (Å²) in [5.74, 6) is 0. The Hall–Kier alpha value is -1.84. The molecule has 0 aliphatic heterocycles. The molecule has 3 rings (SSSR count). The molecule has 1 aromatic heterocycles. The third-order valence-corrected chi connectivity index (χ3v) is 3.72. The van der Waals surface area contributed by atoms with E-state index in [1.165, 1.54) is 0 Å². The summed E-state index contributed by atoms with van der Waals surface area (Å²) in [6.45, 7) is 0.711. The van der Waals surface area contributed by atoms with Crippen molar-refractivity contribution in [1.82, 2.24) is 9.78 Å². The second-order valence-corrected chi connectivity index (χ2v) is 5.44. The summed E-state index contributed by atoms with van der Waals surface area (Å²) in [6, 6.07) is 19.9. The van der Waals surface area contributed by atoms with E-state index in [9.17, 15) is 0 Å². The molecule has 2 aromatic carbocycles. The number of halogens is 1. The van der Waals surface area contributed by atoms with Crippen LogP contribution in [0.5, 0.6) is 0 Å². The van der Waals surface area contributed by atoms with Crippen molar-refractivity contribution in [3.05, 3.63) is 75.9 Å². The number of aromatic amines is 1. The average Bonchev–Trinajstić information content (AvgIpc) is 2.84. The van der Waals surface area contributed by atoms with Gasteiger partial charge in [0, 0.05) is 5.02 Å². The average molecular weight is 301 g/mol. The van der Waals surface area contributed by atoms with E-state index in [2.05, 4.69) is 17.2 Å². The van der Waals surface area contributed by atoms with E-state index in [1.54, 1.807) is 0 Å². The largest absolute Gasteiger partial charge is 0.297 e. The third-order valence-electron chi connectivity index (χ3n) is 3.13. The molecule has 0 radical (unpaired) electrons. The van der Waals surface area contributed by atoms with Crippen molar-refractivity contribution >= 4 is 23.8 Å². The Morgan fingerprint density at radius 1 is 1.00 bits per heavy atom. The minimum Gasteiger partial charge on any atom is -0.297 e. The second-order valence-electron chi connectivity index (χ2n) is 4.59. The lowest BCUT2D eigenvalue weighted by molar-refractivity contribution is 0.680. The Morgan fingerprint density at radius 3 is 2.40 bits per heavy atom. The maximum absolute atomic E-state index is 5.89. The van der Waals surface area contributed by atoms with E-state index < -0.39 is 0 Å². The molecule has 0 fully saturated rings. The first-order valence-electron chi connectivity index (χ1n) is 6.32. The minimum absolute atomic E-state index is 0.711. The zero-order chi connectivity index (χ0) is 13.9. The van der Waals surface area contributed by atoms with Crippen LogP contribution in [0.25, 0.3) is 11.3 Å². The highest BCUT2D eigenvalue weighted by molar-refractivity contribution is 7.71. The van der Waals surface area contributed by atoms with Gasteiger partial charge in [0.05, 0.1) is 12.2 Å². The normalized spacial score (nSPS) is 10.7. The molecule has 0 spiro atoms. The van der Waals surface area contributed by atoms with Crippen LogP contribution in [0, 0.1) is 4.64 Å². The summed E-state index contributed by atoms with van der Waals surface area (Å²) in [5.41, 5.74) is 3.32. The minimum atomic E-state index is 0.711.